The third-order valence-electron chi connectivity index (χ3n) is 11.9. The second-order valence-corrected chi connectivity index (χ2v) is 30.0. The summed E-state index contributed by atoms with van der Waals surface area (Å²) in [5.41, 5.74) is 8.93. The van der Waals surface area contributed by atoms with E-state index >= 15 is 0 Å². The van der Waals surface area contributed by atoms with E-state index in [-0.39, 0.29) is 5.75 Å². The van der Waals surface area contributed by atoms with Crippen molar-refractivity contribution in [3.8, 4) is 68.2 Å². The molecule has 0 heterocycles. The first-order valence-corrected chi connectivity index (χ1v) is 26.8. The van der Waals surface area contributed by atoms with Crippen molar-refractivity contribution in [2.45, 2.75) is 130 Å². The highest BCUT2D eigenvalue weighted by atomic mass is 35.6. The second-order valence-electron chi connectivity index (χ2n) is 17.6. The van der Waals surface area contributed by atoms with Gasteiger partial charge in [0.2, 0.25) is 0 Å². The topological polar surface area (TPSA) is 84.8 Å². The predicted molar refractivity (Wildman–Crippen MR) is 263 cm³/mol. The van der Waals surface area contributed by atoms with Crippen LogP contribution < -0.4 is 32.8 Å². The molecule has 0 saturated carbocycles. The second kappa shape index (κ2) is 23.4. The number of rotatable bonds is 16. The Hall–Kier alpha value is -4.00. The molecule has 1 N–H and O–H groups in total. The van der Waals surface area contributed by atoms with Crippen LogP contribution in [0.1, 0.15) is 94.2 Å². The standard InChI is InChI=1S/C25H38O4Si.C16H18O4.C9H21ClSi/c1-16(2)30(17(3)4,18(5)6)29-25-22(13-19(7)14-24(25)28-10)21-12-11-20(26-8)15-23(21)27-9;1-10-7-13(16(17)15(8-10)20-4)12-6-5-11(18-2)9-14(12)19-3;1-7(2)11(10,8(3)4)9(5)6/h11-18H,1-10H3;5-9,17H,1-4H3;7-9H,1-6H3. The zero-order valence-corrected chi connectivity index (χ0v) is 43.7. The molecule has 0 radical (unpaired) electrons. The lowest BCUT2D eigenvalue weighted by atomic mass is 10.0. The summed E-state index contributed by atoms with van der Waals surface area (Å²) in [6, 6.07) is 19.2. The minimum Gasteiger partial charge on any atom is -0.540 e. The minimum atomic E-state index is -2.19. The monoisotopic (exact) mass is 896 g/mol. The molecule has 4 aromatic carbocycles. The Balaban J connectivity index is 0.000000354. The number of ether oxygens (including phenoxy) is 6. The van der Waals surface area contributed by atoms with Gasteiger partial charge in [-0.05, 0) is 107 Å². The van der Waals surface area contributed by atoms with Crippen LogP contribution in [0.2, 0.25) is 33.2 Å². The number of phenolic OH excluding ortho intramolecular Hbond substituents is 1. The first-order valence-electron chi connectivity index (χ1n) is 21.4. The molecule has 0 aliphatic heterocycles. The van der Waals surface area contributed by atoms with E-state index in [2.05, 4.69) is 102 Å². The molecule has 0 saturated heterocycles. The molecule has 8 nitrogen and oxygen atoms in total. The highest BCUT2D eigenvalue weighted by Gasteiger charge is 2.48. The van der Waals surface area contributed by atoms with Crippen LogP contribution >= 0.6 is 11.1 Å². The summed E-state index contributed by atoms with van der Waals surface area (Å²) in [4.78, 5) is 0. The molecule has 340 valence electrons. The number of hydrogen-bond acceptors (Lipinski definition) is 8. The van der Waals surface area contributed by atoms with Crippen molar-refractivity contribution in [1.29, 1.82) is 0 Å². The summed E-state index contributed by atoms with van der Waals surface area (Å²) < 4.78 is 39.8. The van der Waals surface area contributed by atoms with E-state index in [1.54, 1.807) is 47.7 Å². The fourth-order valence-electron chi connectivity index (χ4n) is 8.88. The maximum Gasteiger partial charge on any atom is 0.258 e. The lowest BCUT2D eigenvalue weighted by Gasteiger charge is -2.43. The first-order chi connectivity index (χ1) is 28.5. The van der Waals surface area contributed by atoms with E-state index < -0.39 is 15.7 Å². The maximum absolute atomic E-state index is 10.3. The van der Waals surface area contributed by atoms with E-state index in [1.807, 2.05) is 43.3 Å². The normalized spacial score (nSPS) is 11.7. The molecule has 4 aromatic rings. The van der Waals surface area contributed by atoms with Gasteiger partial charge in [0.05, 0.1) is 42.7 Å². The number of hydrogen-bond donors (Lipinski definition) is 1. The predicted octanol–water partition coefficient (Wildman–Crippen LogP) is 15.0. The van der Waals surface area contributed by atoms with Crippen LogP contribution in [0.15, 0.2) is 60.7 Å². The highest BCUT2D eigenvalue weighted by Crippen LogP contribution is 2.50. The molecule has 0 unspecified atom stereocenters. The smallest absolute Gasteiger partial charge is 0.258 e. The number of aromatic hydroxyl groups is 1. The van der Waals surface area contributed by atoms with Gasteiger partial charge in [-0.1, -0.05) is 83.1 Å². The van der Waals surface area contributed by atoms with Gasteiger partial charge in [0, 0.05) is 34.4 Å². The first kappa shape index (κ1) is 53.1. The molecule has 0 spiro atoms. The SMILES string of the molecule is CC(C)[Si](Cl)(C(C)C)C(C)C.COc1ccc(-c2cc(C)cc(OC)c2O)c(OC)c1.COc1ccc(-c2cc(C)cc(OC)c2O[Si](C(C)C)(C(C)C)C(C)C)c(OC)c1. The van der Waals surface area contributed by atoms with E-state index in [9.17, 15) is 5.11 Å². The zero-order chi connectivity index (χ0) is 46.6. The molecule has 0 aliphatic rings. The molecule has 0 amide bonds. The minimum absolute atomic E-state index is 0.0987. The van der Waals surface area contributed by atoms with Gasteiger partial charge in [-0.15, -0.1) is 0 Å². The molecular weight excluding hydrogens is 820 g/mol. The molecule has 11 heteroatoms. The summed E-state index contributed by atoms with van der Waals surface area (Å²) >= 11 is 6.68. The lowest BCUT2D eigenvalue weighted by Crippen LogP contribution is -2.50. The van der Waals surface area contributed by atoms with Crippen LogP contribution in [0.5, 0.6) is 46.0 Å². The number of aryl methyl sites for hydroxylation is 2. The maximum atomic E-state index is 10.3. The summed E-state index contributed by atoms with van der Waals surface area (Å²) in [5.74, 6) is 4.96. The van der Waals surface area contributed by atoms with Gasteiger partial charge in [-0.3, -0.25) is 0 Å². The van der Waals surface area contributed by atoms with Crippen LogP contribution in [0.3, 0.4) is 0 Å². The fourth-order valence-corrected chi connectivity index (χ4v) is 18.1. The summed E-state index contributed by atoms with van der Waals surface area (Å²) in [6.07, 6.45) is 0. The van der Waals surface area contributed by atoms with Crippen LogP contribution in [0, 0.1) is 13.8 Å². The van der Waals surface area contributed by atoms with Crippen molar-refractivity contribution in [3.63, 3.8) is 0 Å². The molecule has 4 rings (SSSR count). The van der Waals surface area contributed by atoms with E-state index in [1.165, 1.54) is 7.11 Å². The zero-order valence-electron chi connectivity index (χ0n) is 40.9. The van der Waals surface area contributed by atoms with Crippen molar-refractivity contribution in [1.82, 2.24) is 0 Å². The third kappa shape index (κ3) is 12.3. The number of benzene rings is 4. The summed E-state index contributed by atoms with van der Waals surface area (Å²) in [6.45, 7) is 31.4. The van der Waals surface area contributed by atoms with Crippen LogP contribution in [-0.4, -0.2) is 63.5 Å². The average Bonchev–Trinajstić information content (AvgIpc) is 3.22. The number of methoxy groups -OCH3 is 6. The number of phenols is 1. The Morgan fingerprint density at radius 3 is 1.11 bits per heavy atom. The van der Waals surface area contributed by atoms with Crippen LogP contribution in [0.4, 0.5) is 0 Å². The van der Waals surface area contributed by atoms with Gasteiger partial charge in [-0.2, -0.15) is 11.1 Å². The van der Waals surface area contributed by atoms with Crippen molar-refractivity contribution in [2.75, 3.05) is 42.7 Å². The Kier molecular flexibility index (Phi) is 20.4. The Labute approximate surface area is 376 Å². The van der Waals surface area contributed by atoms with Crippen molar-refractivity contribution < 1.29 is 38.0 Å². The molecule has 0 aliphatic carbocycles. The molecule has 0 atom stereocenters. The number of halogens is 1. The van der Waals surface area contributed by atoms with Gasteiger partial charge in [0.25, 0.3) is 8.32 Å². The largest absolute Gasteiger partial charge is 0.540 e. The van der Waals surface area contributed by atoms with E-state index in [4.69, 9.17) is 43.9 Å². The van der Waals surface area contributed by atoms with Crippen molar-refractivity contribution in [2.24, 2.45) is 0 Å². The van der Waals surface area contributed by atoms with Gasteiger partial charge in [-0.25, -0.2) is 0 Å². The van der Waals surface area contributed by atoms with E-state index in [0.717, 1.165) is 50.8 Å². The van der Waals surface area contributed by atoms with Crippen LogP contribution in [-0.2, 0) is 0 Å². The molecule has 0 bridgehead atoms. The lowest BCUT2D eigenvalue weighted by molar-refractivity contribution is 0.373. The van der Waals surface area contributed by atoms with E-state index in [0.29, 0.717) is 56.1 Å². The Morgan fingerprint density at radius 1 is 0.426 bits per heavy atom. The van der Waals surface area contributed by atoms with Crippen molar-refractivity contribution >= 4 is 26.8 Å². The quantitative estimate of drug-likeness (QED) is 0.0879. The molecule has 0 aromatic heterocycles. The van der Waals surface area contributed by atoms with Gasteiger partial charge >= 0.3 is 0 Å². The van der Waals surface area contributed by atoms with Gasteiger partial charge in [0.1, 0.15) is 23.0 Å². The van der Waals surface area contributed by atoms with Crippen LogP contribution in [0.25, 0.3) is 22.3 Å². The molecule has 0 fully saturated rings. The van der Waals surface area contributed by atoms with Gasteiger partial charge in [0.15, 0.2) is 30.4 Å². The van der Waals surface area contributed by atoms with Gasteiger partial charge < -0.3 is 38.0 Å². The fraction of sp³-hybridized carbons (Fsp3) is 0.520. The summed E-state index contributed by atoms with van der Waals surface area (Å²) in [7, 11) is 6.07. The Morgan fingerprint density at radius 2 is 0.787 bits per heavy atom. The van der Waals surface area contributed by atoms with Crippen molar-refractivity contribution in [3.05, 3.63) is 71.8 Å². The average molecular weight is 898 g/mol. The molecule has 61 heavy (non-hydrogen) atoms. The Bertz CT molecular complexity index is 1950. The third-order valence-corrected chi connectivity index (χ3v) is 27.1. The highest BCUT2D eigenvalue weighted by molar-refractivity contribution is 7.22. The summed E-state index contributed by atoms with van der Waals surface area (Å²) in [5, 5.41) is 10.3. The molecular formula is C50H77ClO8Si2.